The number of piperazine rings is 1. The molecule has 6 rings (SSSR count). The summed E-state index contributed by atoms with van der Waals surface area (Å²) in [6.07, 6.45) is 1.84. The Kier molecular flexibility index (Phi) is 4.83. The van der Waals surface area contributed by atoms with Gasteiger partial charge < -0.3 is 19.4 Å². The smallest absolute Gasteiger partial charge is 0.242 e. The van der Waals surface area contributed by atoms with Crippen LogP contribution in [0, 0.1) is 5.82 Å². The number of benzene rings is 2. The fourth-order valence-electron chi connectivity index (χ4n) is 4.41. The monoisotopic (exact) mass is 460 g/mol. The molecule has 7 nitrogen and oxygen atoms in total. The lowest BCUT2D eigenvalue weighted by Gasteiger charge is -2.35. The van der Waals surface area contributed by atoms with Crippen molar-refractivity contribution in [2.45, 2.75) is 6.54 Å². The van der Waals surface area contributed by atoms with Crippen LogP contribution in [0.2, 0.25) is 0 Å². The highest BCUT2D eigenvalue weighted by molar-refractivity contribution is 7.14. The van der Waals surface area contributed by atoms with E-state index in [1.807, 2.05) is 51.5 Å². The van der Waals surface area contributed by atoms with E-state index < -0.39 is 0 Å². The van der Waals surface area contributed by atoms with Crippen molar-refractivity contribution in [1.82, 2.24) is 24.4 Å². The lowest BCUT2D eigenvalue weighted by atomic mass is 10.2. The van der Waals surface area contributed by atoms with Gasteiger partial charge in [0.15, 0.2) is 5.82 Å². The highest BCUT2D eigenvalue weighted by Gasteiger charge is 2.25. The van der Waals surface area contributed by atoms with Crippen LogP contribution in [-0.4, -0.2) is 56.5 Å². The van der Waals surface area contributed by atoms with Crippen LogP contribution in [0.5, 0.6) is 0 Å². The number of H-pyrrole nitrogens is 1. The molecule has 4 heterocycles. The van der Waals surface area contributed by atoms with Gasteiger partial charge in [-0.1, -0.05) is 12.1 Å². The van der Waals surface area contributed by atoms with Crippen LogP contribution in [0.15, 0.2) is 60.2 Å². The van der Waals surface area contributed by atoms with Gasteiger partial charge in [0.2, 0.25) is 5.91 Å². The highest BCUT2D eigenvalue weighted by Crippen LogP contribution is 2.33. The molecule has 1 N–H and O–H groups in total. The normalized spacial score (nSPS) is 14.5. The summed E-state index contributed by atoms with van der Waals surface area (Å²) in [5, 5.41) is 1.87. The minimum Gasteiger partial charge on any atom is -0.358 e. The maximum atomic E-state index is 13.4. The van der Waals surface area contributed by atoms with Gasteiger partial charge in [-0.15, -0.1) is 11.3 Å². The van der Waals surface area contributed by atoms with Gasteiger partial charge in [-0.2, -0.15) is 0 Å². The first kappa shape index (κ1) is 19.9. The number of carbonyl (C=O) groups excluding carboxylic acids is 1. The van der Waals surface area contributed by atoms with Gasteiger partial charge in [0.1, 0.15) is 23.1 Å². The Labute approximate surface area is 193 Å². The van der Waals surface area contributed by atoms with Crippen molar-refractivity contribution >= 4 is 44.2 Å². The third-order valence-corrected chi connectivity index (χ3v) is 7.01. The summed E-state index contributed by atoms with van der Waals surface area (Å²) in [7, 11) is 0. The summed E-state index contributed by atoms with van der Waals surface area (Å²) in [5.74, 6) is 0.563. The number of aromatic nitrogens is 4. The molecule has 0 bridgehead atoms. The number of fused-ring (bicyclic) bond motifs is 2. The van der Waals surface area contributed by atoms with E-state index in [2.05, 4.69) is 14.9 Å². The first-order chi connectivity index (χ1) is 16.2. The molecule has 1 aliphatic rings. The number of rotatable bonds is 4. The average Bonchev–Trinajstić information content (AvgIpc) is 3.57. The highest BCUT2D eigenvalue weighted by atomic mass is 32.1. The van der Waals surface area contributed by atoms with Crippen molar-refractivity contribution in [1.29, 1.82) is 0 Å². The minimum atomic E-state index is -0.271. The second-order valence-corrected chi connectivity index (χ2v) is 8.96. The Morgan fingerprint density at radius 3 is 2.79 bits per heavy atom. The second-order valence-electron chi connectivity index (χ2n) is 8.12. The number of carbonyl (C=O) groups is 1. The third kappa shape index (κ3) is 3.64. The number of thiazole rings is 1. The van der Waals surface area contributed by atoms with Crippen LogP contribution in [0.1, 0.15) is 0 Å². The molecule has 0 saturated carbocycles. The summed E-state index contributed by atoms with van der Waals surface area (Å²) < 4.78 is 15.3. The van der Waals surface area contributed by atoms with E-state index >= 15 is 0 Å². The van der Waals surface area contributed by atoms with Gasteiger partial charge in [-0.3, -0.25) is 4.79 Å². The summed E-state index contributed by atoms with van der Waals surface area (Å²) in [6.45, 7) is 3.01. The van der Waals surface area contributed by atoms with Gasteiger partial charge in [-0.25, -0.2) is 14.4 Å². The summed E-state index contributed by atoms with van der Waals surface area (Å²) >= 11 is 1.59. The SMILES string of the molecule is O=C(Cn1ccc2cc(F)ccc21)N1CCN(c2scnc2-c2nc3ccccc3[nH]2)CC1. The van der Waals surface area contributed by atoms with E-state index in [1.54, 1.807) is 17.4 Å². The van der Waals surface area contributed by atoms with Crippen LogP contribution in [0.3, 0.4) is 0 Å². The van der Waals surface area contributed by atoms with E-state index in [1.165, 1.54) is 12.1 Å². The first-order valence-corrected chi connectivity index (χ1v) is 11.7. The van der Waals surface area contributed by atoms with Crippen molar-refractivity contribution in [2.75, 3.05) is 31.1 Å². The average molecular weight is 461 g/mol. The van der Waals surface area contributed by atoms with E-state index in [4.69, 9.17) is 4.98 Å². The predicted octanol–water partition coefficient (Wildman–Crippen LogP) is 4.13. The van der Waals surface area contributed by atoms with Crippen LogP contribution in [0.4, 0.5) is 9.39 Å². The Bertz CT molecular complexity index is 1430. The van der Waals surface area contributed by atoms with Crippen LogP contribution in [0.25, 0.3) is 33.5 Å². The van der Waals surface area contributed by atoms with Crippen LogP contribution >= 0.6 is 11.3 Å². The number of imidazole rings is 1. The van der Waals surface area contributed by atoms with Gasteiger partial charge in [0, 0.05) is 43.3 Å². The molecule has 166 valence electrons. The standard InChI is InChI=1S/C24H21FN6OS/c25-17-5-6-20-16(13-17)7-8-31(20)14-21(32)29-9-11-30(12-10-29)24-22(26-15-33-24)23-27-18-3-1-2-4-19(18)28-23/h1-8,13,15H,9-12,14H2,(H,27,28). The summed E-state index contributed by atoms with van der Waals surface area (Å²) in [5.41, 5.74) is 5.46. The number of para-hydroxylation sites is 2. The van der Waals surface area contributed by atoms with Crippen LogP contribution in [-0.2, 0) is 11.3 Å². The zero-order valence-electron chi connectivity index (χ0n) is 17.7. The molecule has 0 aliphatic carbocycles. The summed E-state index contributed by atoms with van der Waals surface area (Å²) in [6, 6.07) is 14.4. The fourth-order valence-corrected chi connectivity index (χ4v) is 5.26. The molecular weight excluding hydrogens is 439 g/mol. The van der Waals surface area contributed by atoms with E-state index in [0.717, 1.165) is 51.5 Å². The van der Waals surface area contributed by atoms with Gasteiger partial charge in [-0.05, 0) is 36.4 Å². The number of hydrogen-bond acceptors (Lipinski definition) is 5. The largest absolute Gasteiger partial charge is 0.358 e. The van der Waals surface area contributed by atoms with Crippen molar-refractivity contribution in [3.8, 4) is 11.5 Å². The number of aromatic amines is 1. The molecule has 0 atom stereocenters. The molecule has 9 heteroatoms. The molecule has 1 saturated heterocycles. The molecule has 33 heavy (non-hydrogen) atoms. The molecule has 0 radical (unpaired) electrons. The molecule has 2 aromatic carbocycles. The number of nitrogens with zero attached hydrogens (tertiary/aromatic N) is 5. The molecule has 1 fully saturated rings. The first-order valence-electron chi connectivity index (χ1n) is 10.8. The third-order valence-electron chi connectivity index (χ3n) is 6.12. The molecular formula is C24H21FN6OS. The number of amides is 1. The molecule has 0 spiro atoms. The van der Waals surface area contributed by atoms with Gasteiger partial charge >= 0.3 is 0 Å². The van der Waals surface area contributed by atoms with Crippen LogP contribution < -0.4 is 4.90 Å². The number of nitrogens with one attached hydrogen (secondary N) is 1. The Hall–Kier alpha value is -3.72. The van der Waals surface area contributed by atoms with Crippen molar-refractivity contribution in [2.24, 2.45) is 0 Å². The molecule has 1 aliphatic heterocycles. The number of halogens is 1. The Balaban J connectivity index is 1.15. The maximum Gasteiger partial charge on any atom is 0.242 e. The Morgan fingerprint density at radius 2 is 1.94 bits per heavy atom. The Morgan fingerprint density at radius 1 is 1.09 bits per heavy atom. The van der Waals surface area contributed by atoms with E-state index in [0.29, 0.717) is 13.1 Å². The molecule has 5 aromatic rings. The second kappa shape index (κ2) is 8.00. The maximum absolute atomic E-state index is 13.4. The van der Waals surface area contributed by atoms with Gasteiger partial charge in [0.05, 0.1) is 16.5 Å². The minimum absolute atomic E-state index is 0.0679. The predicted molar refractivity (Wildman–Crippen MR) is 128 cm³/mol. The molecule has 0 unspecified atom stereocenters. The van der Waals surface area contributed by atoms with Gasteiger partial charge in [0.25, 0.3) is 0 Å². The van der Waals surface area contributed by atoms with Crippen molar-refractivity contribution in [3.05, 3.63) is 66.1 Å². The van der Waals surface area contributed by atoms with E-state index in [-0.39, 0.29) is 18.3 Å². The zero-order valence-corrected chi connectivity index (χ0v) is 18.6. The number of anilines is 1. The topological polar surface area (TPSA) is 70.1 Å². The lowest BCUT2D eigenvalue weighted by Crippen LogP contribution is -2.49. The molecule has 1 amide bonds. The lowest BCUT2D eigenvalue weighted by molar-refractivity contribution is -0.132. The van der Waals surface area contributed by atoms with Crippen molar-refractivity contribution < 1.29 is 9.18 Å². The quantitative estimate of drug-likeness (QED) is 0.438. The molecule has 3 aromatic heterocycles. The van der Waals surface area contributed by atoms with Crippen molar-refractivity contribution in [3.63, 3.8) is 0 Å². The fraction of sp³-hybridized carbons (Fsp3) is 0.208. The number of hydrogen-bond donors (Lipinski definition) is 1. The zero-order chi connectivity index (χ0) is 22.4. The summed E-state index contributed by atoms with van der Waals surface area (Å²) in [4.78, 5) is 29.7. The van der Waals surface area contributed by atoms with E-state index in [9.17, 15) is 9.18 Å².